The summed E-state index contributed by atoms with van der Waals surface area (Å²) in [5.41, 5.74) is -0.924. The van der Waals surface area contributed by atoms with Crippen molar-refractivity contribution >= 4 is 11.9 Å². The van der Waals surface area contributed by atoms with E-state index in [1.165, 1.54) is 0 Å². The van der Waals surface area contributed by atoms with Crippen molar-refractivity contribution in [3.63, 3.8) is 0 Å². The first-order chi connectivity index (χ1) is 25.9. The molecular formula is C42H58O12. The Bertz CT molecular complexity index is 1490. The Labute approximate surface area is 318 Å². The number of carbonyl (C=O) groups excluding carboxylic acids is 2. The summed E-state index contributed by atoms with van der Waals surface area (Å²) in [4.78, 5) is 51.4. The number of ether oxygens (including phenoxy) is 6. The second-order valence-electron chi connectivity index (χ2n) is 18.3. The van der Waals surface area contributed by atoms with Crippen molar-refractivity contribution in [2.45, 2.75) is 153 Å². The summed E-state index contributed by atoms with van der Waals surface area (Å²) < 4.78 is 37.9. The van der Waals surface area contributed by atoms with Crippen molar-refractivity contribution in [3.05, 3.63) is 35.4 Å². The van der Waals surface area contributed by atoms with Gasteiger partial charge in [0.25, 0.3) is 0 Å². The van der Waals surface area contributed by atoms with E-state index in [2.05, 4.69) is 27.7 Å². The molecule has 4 bridgehead atoms. The predicted octanol–water partition coefficient (Wildman–Crippen LogP) is 7.28. The summed E-state index contributed by atoms with van der Waals surface area (Å²) in [5, 5.41) is 0. The minimum Gasteiger partial charge on any atom is -0.462 e. The molecule has 8 saturated heterocycles. The molecule has 298 valence electrons. The molecule has 0 aromatic heterocycles. The average molecular weight is 755 g/mol. The quantitative estimate of drug-likeness (QED) is 0.196. The number of benzene rings is 1. The molecule has 11 rings (SSSR count). The highest BCUT2D eigenvalue weighted by Gasteiger charge is 2.70. The third-order valence-corrected chi connectivity index (χ3v) is 15.2. The summed E-state index contributed by atoms with van der Waals surface area (Å²) in [6.07, 6.45) is 7.19. The first-order valence-electron chi connectivity index (χ1n) is 20.7. The van der Waals surface area contributed by atoms with E-state index >= 15 is 0 Å². The van der Waals surface area contributed by atoms with Gasteiger partial charge in [0.2, 0.25) is 11.6 Å². The van der Waals surface area contributed by atoms with Gasteiger partial charge in [0.05, 0.1) is 36.5 Å². The Morgan fingerprint density at radius 1 is 0.611 bits per heavy atom. The molecule has 2 spiro atoms. The van der Waals surface area contributed by atoms with E-state index in [9.17, 15) is 9.59 Å². The fourth-order valence-electron chi connectivity index (χ4n) is 12.1. The van der Waals surface area contributed by atoms with Gasteiger partial charge in [-0.2, -0.15) is 0 Å². The molecule has 8 aliphatic heterocycles. The lowest BCUT2D eigenvalue weighted by molar-refractivity contribution is -0.571. The van der Waals surface area contributed by atoms with Crippen molar-refractivity contribution in [3.8, 4) is 0 Å². The van der Waals surface area contributed by atoms with Crippen molar-refractivity contribution < 1.29 is 57.6 Å². The summed E-state index contributed by atoms with van der Waals surface area (Å²) >= 11 is 0. The maximum atomic E-state index is 13.5. The molecule has 0 amide bonds. The smallest absolute Gasteiger partial charge is 0.339 e. The molecule has 0 N–H and O–H groups in total. The molecule has 2 saturated carbocycles. The third-order valence-electron chi connectivity index (χ3n) is 15.2. The standard InChI is InChI=1S/C42H58O12/c1-23-11-13-31-25(3)33(47-37-41(31)29(23)15-19-39(5,49-37)51-53-41)17-21-45-35(43)27-9-7-8-10-28(27)36(44)46-22-18-34-26(4)32-14-12-24(2)30-16-20-40(6)50-38(48-34)42(30,32)54-52-40/h7-10,23-26,29-34,37-38H,11-22H2,1-6H3/t23-,24-,25-,26-,29+,30+,31+,32+,33?,34?,37+,38+,39-,40-,41-,42-/m1/s1. The Morgan fingerprint density at radius 3 is 1.46 bits per heavy atom. The van der Waals surface area contributed by atoms with Crippen LogP contribution in [0, 0.1) is 47.3 Å². The summed E-state index contributed by atoms with van der Waals surface area (Å²) in [5.74, 6) is -0.615. The maximum absolute atomic E-state index is 13.5. The van der Waals surface area contributed by atoms with Gasteiger partial charge in [-0.05, 0) is 100 Å². The number of fused-ring (bicyclic) bond motifs is 4. The first-order valence-corrected chi connectivity index (χ1v) is 20.7. The Morgan fingerprint density at radius 2 is 1.04 bits per heavy atom. The average Bonchev–Trinajstić information content (AvgIpc) is 3.53. The fourth-order valence-corrected chi connectivity index (χ4v) is 12.1. The van der Waals surface area contributed by atoms with E-state index in [0.29, 0.717) is 24.7 Å². The van der Waals surface area contributed by atoms with Gasteiger partial charge >= 0.3 is 11.9 Å². The van der Waals surface area contributed by atoms with Crippen molar-refractivity contribution in [1.82, 2.24) is 0 Å². The molecule has 12 heteroatoms. The number of hydrogen-bond donors (Lipinski definition) is 0. The Hall–Kier alpha value is -2.16. The van der Waals surface area contributed by atoms with Gasteiger partial charge in [0.1, 0.15) is 0 Å². The molecule has 1 aromatic carbocycles. The second-order valence-corrected chi connectivity index (χ2v) is 18.3. The SMILES string of the molecule is C[C@@H]1CC[C@H]2[C@@H](C)C(CCOC(=O)c3ccccc3C(=O)OCCC3O[C@H]4O[C@@]5(C)CC[C@H]6[C@H](C)CC[C@@H]([C@H]3C)[C@@]46OO5)O[C@H]3O[C@@]4(C)CC[C@@H]1[C@]32OO4. The monoisotopic (exact) mass is 754 g/mol. The van der Waals surface area contributed by atoms with E-state index in [4.69, 9.17) is 48.0 Å². The lowest BCUT2D eigenvalue weighted by atomic mass is 9.57. The predicted molar refractivity (Wildman–Crippen MR) is 190 cm³/mol. The van der Waals surface area contributed by atoms with Crippen molar-refractivity contribution in [1.29, 1.82) is 0 Å². The van der Waals surface area contributed by atoms with Gasteiger partial charge < -0.3 is 28.4 Å². The van der Waals surface area contributed by atoms with Crippen molar-refractivity contribution in [2.75, 3.05) is 13.2 Å². The molecule has 0 radical (unpaired) electrons. The van der Waals surface area contributed by atoms with Crippen LogP contribution in [0.3, 0.4) is 0 Å². The molecule has 1 aromatic rings. The molecule has 2 aliphatic carbocycles. The van der Waals surface area contributed by atoms with Crippen LogP contribution in [0.15, 0.2) is 24.3 Å². The number of esters is 2. The summed E-state index contributed by atoms with van der Waals surface area (Å²) in [6, 6.07) is 6.65. The largest absolute Gasteiger partial charge is 0.462 e. The lowest BCUT2D eigenvalue weighted by Gasteiger charge is -2.60. The fraction of sp³-hybridized carbons (Fsp3) is 0.810. The number of carbonyl (C=O) groups is 2. The highest BCUT2D eigenvalue weighted by atomic mass is 17.3. The van der Waals surface area contributed by atoms with Crippen LogP contribution >= 0.6 is 0 Å². The molecule has 10 fully saturated rings. The molecule has 12 nitrogen and oxygen atoms in total. The van der Waals surface area contributed by atoms with Crippen LogP contribution in [0.5, 0.6) is 0 Å². The minimum atomic E-state index is -0.846. The van der Waals surface area contributed by atoms with Gasteiger partial charge in [-0.1, -0.05) is 39.8 Å². The molecular weight excluding hydrogens is 696 g/mol. The lowest BCUT2D eigenvalue weighted by Crippen LogP contribution is -2.70. The number of rotatable bonds is 8. The second kappa shape index (κ2) is 13.7. The molecule has 2 unspecified atom stereocenters. The third kappa shape index (κ3) is 5.83. The zero-order chi connectivity index (χ0) is 37.6. The van der Waals surface area contributed by atoms with Crippen molar-refractivity contribution in [2.24, 2.45) is 47.3 Å². The van der Waals surface area contributed by atoms with Crippen LogP contribution in [0.25, 0.3) is 0 Å². The Kier molecular flexibility index (Phi) is 9.53. The molecule has 54 heavy (non-hydrogen) atoms. The molecule has 10 aliphatic rings. The van der Waals surface area contributed by atoms with Crippen LogP contribution < -0.4 is 0 Å². The zero-order valence-electron chi connectivity index (χ0n) is 32.6. The maximum Gasteiger partial charge on any atom is 0.339 e. The van der Waals surface area contributed by atoms with E-state index in [-0.39, 0.29) is 72.1 Å². The Balaban J connectivity index is 0.812. The number of hydrogen-bond acceptors (Lipinski definition) is 12. The first kappa shape index (κ1) is 37.4. The van der Waals surface area contributed by atoms with Crippen LogP contribution in [-0.2, 0) is 48.0 Å². The molecule has 16 atom stereocenters. The minimum absolute atomic E-state index is 0.133. The van der Waals surface area contributed by atoms with Gasteiger partial charge in [0, 0.05) is 37.5 Å². The van der Waals surface area contributed by atoms with Gasteiger partial charge in [-0.3, -0.25) is 0 Å². The van der Waals surface area contributed by atoms with Crippen LogP contribution in [0.2, 0.25) is 0 Å². The van der Waals surface area contributed by atoms with Gasteiger partial charge in [-0.15, -0.1) is 0 Å². The summed E-state index contributed by atoms with van der Waals surface area (Å²) in [7, 11) is 0. The van der Waals surface area contributed by atoms with Gasteiger partial charge in [-0.25, -0.2) is 29.1 Å². The normalized spacial score (nSPS) is 48.9. The van der Waals surface area contributed by atoms with Crippen LogP contribution in [-0.4, -0.2) is 72.7 Å². The topological polar surface area (TPSA) is 126 Å². The van der Waals surface area contributed by atoms with Crippen LogP contribution in [0.1, 0.15) is 126 Å². The highest BCUT2D eigenvalue weighted by molar-refractivity contribution is 6.03. The van der Waals surface area contributed by atoms with E-state index in [1.807, 2.05) is 13.8 Å². The van der Waals surface area contributed by atoms with Crippen LogP contribution in [0.4, 0.5) is 0 Å². The van der Waals surface area contributed by atoms with E-state index in [0.717, 1.165) is 51.4 Å². The van der Waals surface area contributed by atoms with Gasteiger partial charge in [0.15, 0.2) is 23.8 Å². The molecule has 8 heterocycles. The summed E-state index contributed by atoms with van der Waals surface area (Å²) in [6.45, 7) is 13.1. The van der Waals surface area contributed by atoms with E-state index < -0.39 is 47.3 Å². The highest BCUT2D eigenvalue weighted by Crippen LogP contribution is 2.62. The van der Waals surface area contributed by atoms with E-state index in [1.54, 1.807) is 24.3 Å². The zero-order valence-corrected chi connectivity index (χ0v) is 32.6.